The zero-order valence-corrected chi connectivity index (χ0v) is 13.6. The molecule has 1 aromatic rings. The van der Waals surface area contributed by atoms with E-state index in [2.05, 4.69) is 29.4 Å². The van der Waals surface area contributed by atoms with Crippen LogP contribution in [0.15, 0.2) is 17.1 Å². The molecule has 0 amide bonds. The van der Waals surface area contributed by atoms with Crippen LogP contribution < -0.4 is 14.8 Å². The predicted octanol–water partition coefficient (Wildman–Crippen LogP) is 2.05. The lowest BCUT2D eigenvalue weighted by atomic mass is 10.1. The summed E-state index contributed by atoms with van der Waals surface area (Å²) < 4.78 is 11.6. The summed E-state index contributed by atoms with van der Waals surface area (Å²) in [4.78, 5) is 6.17. The first-order chi connectivity index (χ1) is 10.0. The monoisotopic (exact) mass is 291 g/mol. The number of aliphatic imine (C=N–C) groups is 1. The largest absolute Gasteiger partial charge is 0.494 e. The van der Waals surface area contributed by atoms with Crippen molar-refractivity contribution in [1.82, 2.24) is 10.2 Å². The molecule has 1 atom stereocenters. The van der Waals surface area contributed by atoms with Gasteiger partial charge in [-0.25, -0.2) is 0 Å². The number of nitrogens with one attached hydrogen (secondary N) is 1. The van der Waals surface area contributed by atoms with Gasteiger partial charge in [0.1, 0.15) is 17.6 Å². The minimum absolute atomic E-state index is 0.243. The molecular formula is C16H25N3O2. The molecule has 0 spiro atoms. The van der Waals surface area contributed by atoms with Crippen LogP contribution in [-0.2, 0) is 13.0 Å². The Morgan fingerprint density at radius 3 is 2.86 bits per heavy atom. The Labute approximate surface area is 127 Å². The Morgan fingerprint density at radius 2 is 2.24 bits per heavy atom. The van der Waals surface area contributed by atoms with Crippen molar-refractivity contribution in [3.63, 3.8) is 0 Å². The fourth-order valence-corrected chi connectivity index (χ4v) is 2.52. The van der Waals surface area contributed by atoms with Gasteiger partial charge >= 0.3 is 0 Å². The molecule has 0 aliphatic carbocycles. The van der Waals surface area contributed by atoms with Crippen molar-refractivity contribution < 1.29 is 9.47 Å². The van der Waals surface area contributed by atoms with Gasteiger partial charge in [0.2, 0.25) is 0 Å². The van der Waals surface area contributed by atoms with E-state index >= 15 is 0 Å². The SMILES string of the molecule is CCOc1cc2c(cc1CNC(=NC)N(C)C)OC(C)C2. The first-order valence-corrected chi connectivity index (χ1v) is 7.38. The van der Waals surface area contributed by atoms with Gasteiger partial charge in [-0.05, 0) is 26.0 Å². The van der Waals surface area contributed by atoms with E-state index in [0.717, 1.165) is 29.4 Å². The Morgan fingerprint density at radius 1 is 1.48 bits per heavy atom. The molecule has 5 heteroatoms. The summed E-state index contributed by atoms with van der Waals surface area (Å²) in [5.74, 6) is 2.74. The van der Waals surface area contributed by atoms with Crippen molar-refractivity contribution in [2.24, 2.45) is 4.99 Å². The summed E-state index contributed by atoms with van der Waals surface area (Å²) in [7, 11) is 5.71. The quantitative estimate of drug-likeness (QED) is 0.681. The van der Waals surface area contributed by atoms with Crippen LogP contribution in [0, 0.1) is 0 Å². The molecule has 2 rings (SSSR count). The van der Waals surface area contributed by atoms with Gasteiger partial charge in [0.25, 0.3) is 0 Å². The first-order valence-electron chi connectivity index (χ1n) is 7.38. The normalized spacial score (nSPS) is 17.2. The van der Waals surface area contributed by atoms with Crippen molar-refractivity contribution in [3.8, 4) is 11.5 Å². The van der Waals surface area contributed by atoms with Gasteiger partial charge in [-0.15, -0.1) is 0 Å². The maximum atomic E-state index is 5.84. The van der Waals surface area contributed by atoms with Gasteiger partial charge in [0.05, 0.1) is 6.61 Å². The minimum atomic E-state index is 0.243. The third-order valence-corrected chi connectivity index (χ3v) is 3.45. The summed E-state index contributed by atoms with van der Waals surface area (Å²) in [6, 6.07) is 4.19. The highest BCUT2D eigenvalue weighted by atomic mass is 16.5. The van der Waals surface area contributed by atoms with Crippen molar-refractivity contribution >= 4 is 5.96 Å². The Balaban J connectivity index is 2.20. The number of guanidine groups is 1. The third kappa shape index (κ3) is 3.60. The molecule has 1 unspecified atom stereocenters. The number of hydrogen-bond donors (Lipinski definition) is 1. The average Bonchev–Trinajstić information content (AvgIpc) is 2.78. The third-order valence-electron chi connectivity index (χ3n) is 3.45. The smallest absolute Gasteiger partial charge is 0.193 e. The summed E-state index contributed by atoms with van der Waals surface area (Å²) >= 11 is 0. The lowest BCUT2D eigenvalue weighted by Crippen LogP contribution is -2.35. The second-order valence-corrected chi connectivity index (χ2v) is 5.43. The van der Waals surface area contributed by atoms with E-state index in [1.165, 1.54) is 5.56 Å². The summed E-state index contributed by atoms with van der Waals surface area (Å²) in [5.41, 5.74) is 2.32. The Bertz CT molecular complexity index is 526. The number of benzene rings is 1. The second kappa shape index (κ2) is 6.70. The molecule has 1 heterocycles. The molecule has 116 valence electrons. The molecule has 1 aromatic carbocycles. The molecule has 0 fully saturated rings. The number of hydrogen-bond acceptors (Lipinski definition) is 3. The maximum Gasteiger partial charge on any atom is 0.193 e. The molecule has 0 saturated carbocycles. The second-order valence-electron chi connectivity index (χ2n) is 5.43. The van der Waals surface area contributed by atoms with E-state index in [-0.39, 0.29) is 6.10 Å². The molecule has 0 saturated heterocycles. The molecule has 1 N–H and O–H groups in total. The van der Waals surface area contributed by atoms with Gasteiger partial charge in [-0.3, -0.25) is 4.99 Å². The highest BCUT2D eigenvalue weighted by Gasteiger charge is 2.21. The minimum Gasteiger partial charge on any atom is -0.494 e. The highest BCUT2D eigenvalue weighted by molar-refractivity contribution is 5.79. The lowest BCUT2D eigenvalue weighted by molar-refractivity contribution is 0.254. The topological polar surface area (TPSA) is 46.1 Å². The van der Waals surface area contributed by atoms with Crippen molar-refractivity contribution in [2.45, 2.75) is 32.9 Å². The van der Waals surface area contributed by atoms with Crippen LogP contribution in [0.25, 0.3) is 0 Å². The molecule has 0 bridgehead atoms. The molecule has 1 aliphatic rings. The van der Waals surface area contributed by atoms with Gasteiger partial charge in [-0.1, -0.05) is 0 Å². The number of fused-ring (bicyclic) bond motifs is 1. The van der Waals surface area contributed by atoms with Crippen LogP contribution >= 0.6 is 0 Å². The number of rotatable bonds is 4. The van der Waals surface area contributed by atoms with E-state index in [1.54, 1.807) is 7.05 Å². The van der Waals surface area contributed by atoms with Gasteiger partial charge in [0.15, 0.2) is 5.96 Å². The Kier molecular flexibility index (Phi) is 4.94. The van der Waals surface area contributed by atoms with Crippen LogP contribution in [0.2, 0.25) is 0 Å². The first kappa shape index (κ1) is 15.5. The zero-order chi connectivity index (χ0) is 15.4. The maximum absolute atomic E-state index is 5.84. The van der Waals surface area contributed by atoms with Crippen LogP contribution in [0.5, 0.6) is 11.5 Å². The van der Waals surface area contributed by atoms with E-state index < -0.39 is 0 Å². The fraction of sp³-hybridized carbons (Fsp3) is 0.562. The Hall–Kier alpha value is -1.91. The predicted molar refractivity (Wildman–Crippen MR) is 85.3 cm³/mol. The number of ether oxygens (including phenoxy) is 2. The van der Waals surface area contributed by atoms with Crippen LogP contribution in [0.4, 0.5) is 0 Å². The van der Waals surface area contributed by atoms with E-state index in [4.69, 9.17) is 9.47 Å². The number of nitrogens with zero attached hydrogens (tertiary/aromatic N) is 2. The molecular weight excluding hydrogens is 266 g/mol. The molecule has 5 nitrogen and oxygen atoms in total. The lowest BCUT2D eigenvalue weighted by Gasteiger charge is -2.18. The van der Waals surface area contributed by atoms with E-state index in [1.807, 2.05) is 25.9 Å². The summed E-state index contributed by atoms with van der Waals surface area (Å²) in [6.07, 6.45) is 1.19. The van der Waals surface area contributed by atoms with Crippen molar-refractivity contribution in [2.75, 3.05) is 27.7 Å². The fourth-order valence-electron chi connectivity index (χ4n) is 2.52. The van der Waals surface area contributed by atoms with Gasteiger partial charge in [-0.2, -0.15) is 0 Å². The van der Waals surface area contributed by atoms with Gasteiger partial charge < -0.3 is 19.7 Å². The standard InChI is InChI=1S/C16H25N3O2/c1-6-20-14-8-12-7-11(2)21-15(12)9-13(14)10-18-16(17-3)19(4)5/h8-9,11H,6-7,10H2,1-5H3,(H,17,18). The molecule has 21 heavy (non-hydrogen) atoms. The molecule has 1 aliphatic heterocycles. The van der Waals surface area contributed by atoms with E-state index in [0.29, 0.717) is 13.2 Å². The van der Waals surface area contributed by atoms with Gasteiger partial charge in [0, 0.05) is 45.2 Å². The zero-order valence-electron chi connectivity index (χ0n) is 13.6. The van der Waals surface area contributed by atoms with E-state index in [9.17, 15) is 0 Å². The molecule has 0 radical (unpaired) electrons. The van der Waals surface area contributed by atoms with Crippen LogP contribution in [-0.4, -0.2) is 44.7 Å². The van der Waals surface area contributed by atoms with Crippen molar-refractivity contribution in [3.05, 3.63) is 23.3 Å². The van der Waals surface area contributed by atoms with Crippen LogP contribution in [0.3, 0.4) is 0 Å². The van der Waals surface area contributed by atoms with Crippen LogP contribution in [0.1, 0.15) is 25.0 Å². The highest BCUT2D eigenvalue weighted by Crippen LogP contribution is 2.35. The summed E-state index contributed by atoms with van der Waals surface area (Å²) in [5, 5.41) is 3.33. The van der Waals surface area contributed by atoms with Crippen molar-refractivity contribution in [1.29, 1.82) is 0 Å². The summed E-state index contributed by atoms with van der Waals surface area (Å²) in [6.45, 7) is 5.41. The molecule has 0 aromatic heterocycles. The average molecular weight is 291 g/mol.